The van der Waals surface area contributed by atoms with Crippen LogP contribution in [0.2, 0.25) is 0 Å². The number of carbonyl (C=O) groups excluding carboxylic acids is 1. The van der Waals surface area contributed by atoms with Crippen molar-refractivity contribution in [2.24, 2.45) is 5.10 Å². The number of rotatable bonds is 4. The number of nitrogens with one attached hydrogen (secondary N) is 1. The normalized spacial score (nSPS) is 13.4. The molecule has 1 aromatic carbocycles. The topological polar surface area (TPSA) is 127 Å². The van der Waals surface area contributed by atoms with Crippen molar-refractivity contribution in [3.8, 4) is 11.5 Å². The Kier molecular flexibility index (Phi) is 3.76. The summed E-state index contributed by atoms with van der Waals surface area (Å²) in [4.78, 5) is 11.9. The maximum Gasteiger partial charge on any atom is 0.328 e. The maximum atomic E-state index is 11.9. The molecule has 2 heterocycles. The predicted molar refractivity (Wildman–Crippen MR) is 76.1 cm³/mol. The molecule has 120 valence electrons. The van der Waals surface area contributed by atoms with Crippen molar-refractivity contribution in [1.29, 1.82) is 0 Å². The summed E-state index contributed by atoms with van der Waals surface area (Å²) in [6, 6.07) is 7.00. The molecule has 0 radical (unpaired) electrons. The van der Waals surface area contributed by atoms with Gasteiger partial charge in [0.25, 0.3) is 5.91 Å². The largest absolute Gasteiger partial charge is 0.454 e. The van der Waals surface area contributed by atoms with Crippen LogP contribution in [0, 0.1) is 0 Å². The molecule has 1 aliphatic heterocycles. The SMILES string of the molecule is O=C(N/N=C\c1ccc(S(=O)(=O)O)o1)c1ccc2c(c1)OCO2. The maximum absolute atomic E-state index is 11.9. The highest BCUT2D eigenvalue weighted by Crippen LogP contribution is 2.32. The Morgan fingerprint density at radius 3 is 2.74 bits per heavy atom. The lowest BCUT2D eigenvalue weighted by Gasteiger charge is -2.01. The van der Waals surface area contributed by atoms with Crippen molar-refractivity contribution in [2.75, 3.05) is 6.79 Å². The fraction of sp³-hybridized carbons (Fsp3) is 0.0769. The number of nitrogens with zero attached hydrogens (tertiary/aromatic N) is 1. The van der Waals surface area contributed by atoms with Crippen molar-refractivity contribution in [3.05, 3.63) is 41.7 Å². The van der Waals surface area contributed by atoms with Gasteiger partial charge in [0, 0.05) is 5.56 Å². The van der Waals surface area contributed by atoms with Crippen LogP contribution in [0.3, 0.4) is 0 Å². The number of benzene rings is 1. The number of carbonyl (C=O) groups is 1. The Hall–Kier alpha value is -2.85. The zero-order chi connectivity index (χ0) is 16.4. The Morgan fingerprint density at radius 2 is 2.00 bits per heavy atom. The number of hydrogen-bond acceptors (Lipinski definition) is 7. The van der Waals surface area contributed by atoms with Crippen LogP contribution in [-0.4, -0.2) is 31.9 Å². The molecule has 0 aliphatic carbocycles. The van der Waals surface area contributed by atoms with Gasteiger partial charge in [0.2, 0.25) is 11.9 Å². The van der Waals surface area contributed by atoms with Gasteiger partial charge in [-0.25, -0.2) is 5.43 Å². The number of fused-ring (bicyclic) bond motifs is 1. The Morgan fingerprint density at radius 1 is 1.22 bits per heavy atom. The van der Waals surface area contributed by atoms with Gasteiger partial charge >= 0.3 is 10.1 Å². The number of ether oxygens (including phenoxy) is 2. The van der Waals surface area contributed by atoms with Gasteiger partial charge in [0.1, 0.15) is 5.76 Å². The molecule has 9 nitrogen and oxygen atoms in total. The highest BCUT2D eigenvalue weighted by atomic mass is 32.2. The van der Waals surface area contributed by atoms with E-state index >= 15 is 0 Å². The van der Waals surface area contributed by atoms with Crippen LogP contribution in [0.15, 0.2) is 44.9 Å². The van der Waals surface area contributed by atoms with Gasteiger partial charge < -0.3 is 13.9 Å². The molecular formula is C13H10N2O7S. The molecule has 0 saturated carbocycles. The highest BCUT2D eigenvalue weighted by Gasteiger charge is 2.16. The van der Waals surface area contributed by atoms with Crippen LogP contribution in [0.5, 0.6) is 11.5 Å². The van der Waals surface area contributed by atoms with E-state index in [1.165, 1.54) is 12.1 Å². The van der Waals surface area contributed by atoms with E-state index in [-0.39, 0.29) is 12.6 Å². The van der Waals surface area contributed by atoms with Gasteiger partial charge in [0.15, 0.2) is 11.5 Å². The minimum atomic E-state index is -4.41. The van der Waals surface area contributed by atoms with E-state index in [0.717, 1.165) is 12.3 Å². The summed E-state index contributed by atoms with van der Waals surface area (Å²) >= 11 is 0. The molecule has 0 bridgehead atoms. The predicted octanol–water partition coefficient (Wildman–Crippen LogP) is 1.02. The van der Waals surface area contributed by atoms with E-state index in [1.807, 2.05) is 0 Å². The van der Waals surface area contributed by atoms with Crippen LogP contribution in [0.1, 0.15) is 16.1 Å². The van der Waals surface area contributed by atoms with Crippen molar-refractivity contribution >= 4 is 22.2 Å². The average Bonchev–Trinajstić information content (AvgIpc) is 3.14. The molecule has 0 fully saturated rings. The quantitative estimate of drug-likeness (QED) is 0.484. The third kappa shape index (κ3) is 3.33. The van der Waals surface area contributed by atoms with Crippen LogP contribution < -0.4 is 14.9 Å². The lowest BCUT2D eigenvalue weighted by Crippen LogP contribution is -2.17. The fourth-order valence-electron chi connectivity index (χ4n) is 1.80. The molecule has 0 saturated heterocycles. The second-order valence-electron chi connectivity index (χ2n) is 4.40. The summed E-state index contributed by atoms with van der Waals surface area (Å²) < 4.78 is 45.6. The molecule has 1 aromatic heterocycles. The van der Waals surface area contributed by atoms with Gasteiger partial charge in [-0.3, -0.25) is 9.35 Å². The van der Waals surface area contributed by atoms with Crippen LogP contribution in [0.4, 0.5) is 0 Å². The second-order valence-corrected chi connectivity index (χ2v) is 5.75. The minimum absolute atomic E-state index is 0.0450. The zero-order valence-corrected chi connectivity index (χ0v) is 12.2. The van der Waals surface area contributed by atoms with Crippen LogP contribution >= 0.6 is 0 Å². The molecule has 1 amide bonds. The van der Waals surface area contributed by atoms with Crippen LogP contribution in [0.25, 0.3) is 0 Å². The van der Waals surface area contributed by atoms with E-state index < -0.39 is 21.1 Å². The third-order valence-electron chi connectivity index (χ3n) is 2.85. The van der Waals surface area contributed by atoms with Gasteiger partial charge in [-0.2, -0.15) is 13.5 Å². The number of amides is 1. The average molecular weight is 338 g/mol. The first-order valence-corrected chi connectivity index (χ1v) is 7.68. The zero-order valence-electron chi connectivity index (χ0n) is 11.4. The monoisotopic (exact) mass is 338 g/mol. The Bertz CT molecular complexity index is 885. The summed E-state index contributed by atoms with van der Waals surface area (Å²) in [5, 5.41) is 3.03. The van der Waals surface area contributed by atoms with Crippen molar-refractivity contribution in [3.63, 3.8) is 0 Å². The molecule has 3 rings (SSSR count). The first-order chi connectivity index (χ1) is 10.9. The first-order valence-electron chi connectivity index (χ1n) is 6.24. The molecule has 23 heavy (non-hydrogen) atoms. The lowest BCUT2D eigenvalue weighted by atomic mass is 10.2. The summed E-state index contributed by atoms with van der Waals surface area (Å²) in [6.45, 7) is 0.104. The van der Waals surface area contributed by atoms with Crippen molar-refractivity contribution in [1.82, 2.24) is 5.43 Å². The molecular weight excluding hydrogens is 328 g/mol. The first kappa shape index (κ1) is 15.1. The summed E-state index contributed by atoms with van der Waals surface area (Å²) in [7, 11) is -4.41. The summed E-state index contributed by atoms with van der Waals surface area (Å²) in [5.74, 6) is 0.563. The number of hydrogen-bond donors (Lipinski definition) is 2. The van der Waals surface area contributed by atoms with E-state index in [4.69, 9.17) is 18.4 Å². The molecule has 0 spiro atoms. The Labute approximate surface area is 130 Å². The van der Waals surface area contributed by atoms with Crippen molar-refractivity contribution < 1.29 is 31.7 Å². The van der Waals surface area contributed by atoms with Crippen molar-refractivity contribution in [2.45, 2.75) is 5.09 Å². The highest BCUT2D eigenvalue weighted by molar-refractivity contribution is 7.85. The van der Waals surface area contributed by atoms with Gasteiger partial charge in [-0.1, -0.05) is 0 Å². The van der Waals surface area contributed by atoms with Gasteiger partial charge in [0.05, 0.1) is 6.21 Å². The van der Waals surface area contributed by atoms with E-state index in [9.17, 15) is 13.2 Å². The van der Waals surface area contributed by atoms with E-state index in [0.29, 0.717) is 17.1 Å². The molecule has 1 aliphatic rings. The summed E-state index contributed by atoms with van der Waals surface area (Å²) in [5.41, 5.74) is 2.56. The number of furan rings is 1. The van der Waals surface area contributed by atoms with Gasteiger partial charge in [-0.15, -0.1) is 0 Å². The standard InChI is InChI=1S/C13H10N2O7S/c16-13(8-1-3-10-11(5-8)21-7-20-10)15-14-6-9-2-4-12(22-9)23(17,18)19/h1-6H,7H2,(H,15,16)(H,17,18,19)/b14-6-. The molecule has 10 heteroatoms. The second kappa shape index (κ2) is 5.74. The summed E-state index contributed by atoms with van der Waals surface area (Å²) in [6.07, 6.45) is 1.10. The Balaban J connectivity index is 1.66. The lowest BCUT2D eigenvalue weighted by molar-refractivity contribution is 0.0954. The molecule has 0 unspecified atom stereocenters. The number of hydrazone groups is 1. The molecule has 2 N–H and O–H groups in total. The van der Waals surface area contributed by atoms with Crippen LogP contribution in [-0.2, 0) is 10.1 Å². The van der Waals surface area contributed by atoms with E-state index in [1.54, 1.807) is 12.1 Å². The third-order valence-corrected chi connectivity index (χ3v) is 3.58. The fourth-order valence-corrected chi connectivity index (χ4v) is 2.24. The molecule has 2 aromatic rings. The molecule has 0 atom stereocenters. The van der Waals surface area contributed by atoms with E-state index in [2.05, 4.69) is 10.5 Å². The smallest absolute Gasteiger partial charge is 0.328 e. The minimum Gasteiger partial charge on any atom is -0.454 e. The van der Waals surface area contributed by atoms with Gasteiger partial charge in [-0.05, 0) is 30.3 Å².